The fourth-order valence-electron chi connectivity index (χ4n) is 1.29. The van der Waals surface area contributed by atoms with Crippen molar-refractivity contribution in [2.24, 2.45) is 0 Å². The van der Waals surface area contributed by atoms with E-state index in [0.29, 0.717) is 6.20 Å². The van der Waals surface area contributed by atoms with Gasteiger partial charge in [0.05, 0.1) is 17.6 Å². The van der Waals surface area contributed by atoms with Crippen molar-refractivity contribution < 1.29 is 13.2 Å². The molecule has 0 aliphatic heterocycles. The summed E-state index contributed by atoms with van der Waals surface area (Å²) >= 11 is 0. The van der Waals surface area contributed by atoms with Crippen LogP contribution >= 0.6 is 0 Å². The number of imidazole rings is 1. The number of nitriles is 1. The number of rotatable bonds is 1. The summed E-state index contributed by atoms with van der Waals surface area (Å²) in [5.74, 6) is 0. The minimum Gasteiger partial charge on any atom is -0.303 e. The number of pyridine rings is 1. The monoisotopic (exact) mass is 238 g/mol. The molecule has 17 heavy (non-hydrogen) atoms. The molecule has 0 aromatic carbocycles. The zero-order valence-corrected chi connectivity index (χ0v) is 8.31. The van der Waals surface area contributed by atoms with Crippen LogP contribution in [0.4, 0.5) is 13.2 Å². The molecule has 4 nitrogen and oxygen atoms in total. The third-order valence-electron chi connectivity index (χ3n) is 2.08. The van der Waals surface area contributed by atoms with Gasteiger partial charge in [0.2, 0.25) is 0 Å². The number of halogens is 3. The van der Waals surface area contributed by atoms with E-state index in [2.05, 4.69) is 9.97 Å². The highest BCUT2D eigenvalue weighted by molar-refractivity contribution is 5.46. The normalized spacial score (nSPS) is 11.2. The van der Waals surface area contributed by atoms with Crippen molar-refractivity contribution in [1.29, 1.82) is 5.26 Å². The van der Waals surface area contributed by atoms with E-state index in [4.69, 9.17) is 5.26 Å². The summed E-state index contributed by atoms with van der Waals surface area (Å²) in [6, 6.07) is 2.60. The predicted octanol–water partition coefficient (Wildman–Crippen LogP) is 2.16. The molecule has 0 atom stereocenters. The van der Waals surface area contributed by atoms with Crippen LogP contribution in [0.1, 0.15) is 11.3 Å². The van der Waals surface area contributed by atoms with E-state index < -0.39 is 11.7 Å². The van der Waals surface area contributed by atoms with Crippen molar-refractivity contribution in [3.8, 4) is 11.8 Å². The minimum atomic E-state index is -4.49. The second-order valence-corrected chi connectivity index (χ2v) is 3.17. The third kappa shape index (κ3) is 2.10. The van der Waals surface area contributed by atoms with E-state index in [9.17, 15) is 13.2 Å². The van der Waals surface area contributed by atoms with Gasteiger partial charge < -0.3 is 4.57 Å². The first kappa shape index (κ1) is 11.1. The highest BCUT2D eigenvalue weighted by Crippen LogP contribution is 2.30. The van der Waals surface area contributed by atoms with E-state index in [1.807, 2.05) is 0 Å². The fourth-order valence-corrected chi connectivity index (χ4v) is 1.29. The van der Waals surface area contributed by atoms with Gasteiger partial charge in [-0.25, -0.2) is 9.97 Å². The van der Waals surface area contributed by atoms with Crippen molar-refractivity contribution >= 4 is 0 Å². The maximum absolute atomic E-state index is 12.5. The lowest BCUT2D eigenvalue weighted by Gasteiger charge is -2.09. The van der Waals surface area contributed by atoms with Gasteiger partial charge in [-0.3, -0.25) is 0 Å². The minimum absolute atomic E-state index is 0.0554. The summed E-state index contributed by atoms with van der Waals surface area (Å²) in [4.78, 5) is 7.20. The molecule has 2 aromatic heterocycles. The zero-order valence-electron chi connectivity index (χ0n) is 8.31. The van der Waals surface area contributed by atoms with Crippen LogP contribution in [0.15, 0.2) is 31.0 Å². The van der Waals surface area contributed by atoms with E-state index in [-0.39, 0.29) is 11.4 Å². The summed E-state index contributed by atoms with van der Waals surface area (Å²) in [5.41, 5.74) is -0.934. The van der Waals surface area contributed by atoms with Gasteiger partial charge >= 0.3 is 6.18 Å². The average molecular weight is 238 g/mol. The Morgan fingerprint density at radius 1 is 1.35 bits per heavy atom. The first-order valence-corrected chi connectivity index (χ1v) is 4.48. The van der Waals surface area contributed by atoms with Gasteiger partial charge in [0.15, 0.2) is 5.69 Å². The third-order valence-corrected chi connectivity index (χ3v) is 2.08. The second kappa shape index (κ2) is 3.90. The smallest absolute Gasteiger partial charge is 0.303 e. The first-order valence-electron chi connectivity index (χ1n) is 4.48. The molecule has 0 fully saturated rings. The van der Waals surface area contributed by atoms with E-state index >= 15 is 0 Å². The van der Waals surface area contributed by atoms with Crippen LogP contribution in [-0.4, -0.2) is 14.5 Å². The largest absolute Gasteiger partial charge is 0.417 e. The maximum Gasteiger partial charge on any atom is 0.417 e. The SMILES string of the molecule is N#Cc1ncc(C(F)(F)F)cc1-n1ccnc1. The Morgan fingerprint density at radius 3 is 2.65 bits per heavy atom. The quantitative estimate of drug-likeness (QED) is 0.764. The first-order chi connectivity index (χ1) is 8.02. The van der Waals surface area contributed by atoms with Crippen molar-refractivity contribution in [2.45, 2.75) is 6.18 Å². The lowest BCUT2D eigenvalue weighted by atomic mass is 10.2. The Hall–Kier alpha value is -2.36. The highest BCUT2D eigenvalue weighted by atomic mass is 19.4. The molecule has 7 heteroatoms. The Balaban J connectivity index is 2.61. The number of hydrogen-bond acceptors (Lipinski definition) is 3. The van der Waals surface area contributed by atoms with Gasteiger partial charge in [0, 0.05) is 18.6 Å². The highest BCUT2D eigenvalue weighted by Gasteiger charge is 2.31. The topological polar surface area (TPSA) is 54.5 Å². The molecule has 2 aromatic rings. The molecule has 2 rings (SSSR count). The maximum atomic E-state index is 12.5. The molecule has 0 unspecified atom stereocenters. The molecule has 0 bridgehead atoms. The van der Waals surface area contributed by atoms with Gasteiger partial charge in [-0.1, -0.05) is 0 Å². The van der Waals surface area contributed by atoms with Crippen molar-refractivity contribution in [3.63, 3.8) is 0 Å². The number of nitrogens with zero attached hydrogens (tertiary/aromatic N) is 4. The van der Waals surface area contributed by atoms with E-state index in [0.717, 1.165) is 6.07 Å². The molecule has 0 aliphatic rings. The van der Waals surface area contributed by atoms with Crippen LogP contribution in [0.2, 0.25) is 0 Å². The molecule has 0 aliphatic carbocycles. The van der Waals surface area contributed by atoms with Crippen LogP contribution < -0.4 is 0 Å². The summed E-state index contributed by atoms with van der Waals surface area (Å²) in [6.45, 7) is 0. The molecule has 0 radical (unpaired) electrons. The molecule has 0 N–H and O–H groups in total. The van der Waals surface area contributed by atoms with Crippen LogP contribution in [-0.2, 0) is 6.18 Å². The van der Waals surface area contributed by atoms with Gasteiger partial charge in [-0.2, -0.15) is 18.4 Å². The van der Waals surface area contributed by atoms with Crippen molar-refractivity contribution in [2.75, 3.05) is 0 Å². The Bertz CT molecular complexity index is 566. The number of aromatic nitrogens is 3. The van der Waals surface area contributed by atoms with Crippen LogP contribution in [0.3, 0.4) is 0 Å². The summed E-state index contributed by atoms with van der Waals surface area (Å²) < 4.78 is 38.8. The van der Waals surface area contributed by atoms with Crippen LogP contribution in [0.5, 0.6) is 0 Å². The molecule has 0 spiro atoms. The lowest BCUT2D eigenvalue weighted by molar-refractivity contribution is -0.137. The van der Waals surface area contributed by atoms with Gasteiger partial charge in [-0.15, -0.1) is 0 Å². The fraction of sp³-hybridized carbons (Fsp3) is 0.100. The van der Waals surface area contributed by atoms with Crippen LogP contribution in [0.25, 0.3) is 5.69 Å². The Morgan fingerprint density at radius 2 is 2.12 bits per heavy atom. The summed E-state index contributed by atoms with van der Waals surface area (Å²) in [6.07, 6.45) is 0.298. The summed E-state index contributed by atoms with van der Waals surface area (Å²) in [7, 11) is 0. The van der Waals surface area contributed by atoms with Crippen LogP contribution in [0, 0.1) is 11.3 Å². The summed E-state index contributed by atoms with van der Waals surface area (Å²) in [5, 5.41) is 8.78. The van der Waals surface area contributed by atoms with E-state index in [1.165, 1.54) is 23.3 Å². The average Bonchev–Trinajstić information content (AvgIpc) is 2.80. The van der Waals surface area contributed by atoms with Gasteiger partial charge in [-0.05, 0) is 6.07 Å². The van der Waals surface area contributed by atoms with Gasteiger partial charge in [0.1, 0.15) is 6.07 Å². The zero-order chi connectivity index (χ0) is 12.5. The molecule has 2 heterocycles. The molecule has 0 amide bonds. The molecule has 86 valence electrons. The van der Waals surface area contributed by atoms with Gasteiger partial charge in [0.25, 0.3) is 0 Å². The number of hydrogen-bond donors (Lipinski definition) is 0. The predicted molar refractivity (Wildman–Crippen MR) is 51.1 cm³/mol. The molecule has 0 saturated heterocycles. The second-order valence-electron chi connectivity index (χ2n) is 3.17. The van der Waals surface area contributed by atoms with Crippen molar-refractivity contribution in [1.82, 2.24) is 14.5 Å². The molecule has 0 saturated carbocycles. The molecular weight excluding hydrogens is 233 g/mol. The number of alkyl halides is 3. The Kier molecular flexibility index (Phi) is 2.55. The Labute approximate surface area is 94.0 Å². The van der Waals surface area contributed by atoms with Crippen molar-refractivity contribution in [3.05, 3.63) is 42.2 Å². The molecular formula is C10H5F3N4. The van der Waals surface area contributed by atoms with E-state index in [1.54, 1.807) is 6.07 Å². The lowest BCUT2D eigenvalue weighted by Crippen LogP contribution is -2.08. The standard InChI is InChI=1S/C10H5F3N4/c11-10(12,13)7-3-9(8(4-14)16-5-7)17-2-1-15-6-17/h1-3,5-6H.